The Balaban J connectivity index is 2.31. The molecular formula is C22H34N6O3S. The number of carbonyl (C=O) groups excluding carboxylic acids is 1. The standard InChI is InChI=1S/C22H34N6O3S/c1-13(2)17-10-15(5)11-18(14(3)4)20(17)27-22(29)28-32(30,31)21-16(6)25-12-19(26-21)24-9-8-23-7/h10-14,23H,8-9H2,1-7H3,(H,24,26)(H2,27,28,29). The number of rotatable bonds is 9. The lowest BCUT2D eigenvalue weighted by Gasteiger charge is -2.21. The Morgan fingerprint density at radius 3 is 2.16 bits per heavy atom. The summed E-state index contributed by atoms with van der Waals surface area (Å²) in [5, 5.41) is 8.45. The molecule has 0 aliphatic carbocycles. The summed E-state index contributed by atoms with van der Waals surface area (Å²) in [5.41, 5.74) is 3.83. The monoisotopic (exact) mass is 462 g/mol. The van der Waals surface area contributed by atoms with Crippen molar-refractivity contribution in [3.8, 4) is 0 Å². The van der Waals surface area contributed by atoms with Gasteiger partial charge in [-0.2, -0.15) is 8.42 Å². The zero-order chi connectivity index (χ0) is 24.1. The van der Waals surface area contributed by atoms with Gasteiger partial charge in [0.2, 0.25) is 0 Å². The summed E-state index contributed by atoms with van der Waals surface area (Å²) >= 11 is 0. The molecule has 4 N–H and O–H groups in total. The molecule has 2 amide bonds. The van der Waals surface area contributed by atoms with E-state index in [0.29, 0.717) is 24.6 Å². The normalized spacial score (nSPS) is 11.7. The smallest absolute Gasteiger partial charge is 0.333 e. The van der Waals surface area contributed by atoms with E-state index >= 15 is 0 Å². The number of carbonyl (C=O) groups is 1. The van der Waals surface area contributed by atoms with Crippen molar-refractivity contribution >= 4 is 27.6 Å². The fourth-order valence-corrected chi connectivity index (χ4v) is 4.35. The molecule has 1 aromatic carbocycles. The molecule has 2 aromatic rings. The van der Waals surface area contributed by atoms with Gasteiger partial charge in [-0.1, -0.05) is 45.4 Å². The molecule has 1 aromatic heterocycles. The van der Waals surface area contributed by atoms with Crippen molar-refractivity contribution in [3.63, 3.8) is 0 Å². The number of nitrogens with zero attached hydrogens (tertiary/aromatic N) is 2. The van der Waals surface area contributed by atoms with Gasteiger partial charge in [0.1, 0.15) is 5.82 Å². The molecule has 0 saturated heterocycles. The Hall–Kier alpha value is -2.72. The van der Waals surface area contributed by atoms with Crippen LogP contribution < -0.4 is 20.7 Å². The lowest BCUT2D eigenvalue weighted by molar-refractivity contribution is 0.256. The molecule has 0 aliphatic heterocycles. The first-order valence-electron chi connectivity index (χ1n) is 10.7. The zero-order valence-electron chi connectivity index (χ0n) is 19.8. The highest BCUT2D eigenvalue weighted by atomic mass is 32.2. The maximum Gasteiger partial charge on any atom is 0.333 e. The quantitative estimate of drug-likeness (QED) is 0.420. The molecule has 176 valence electrons. The Morgan fingerprint density at radius 2 is 1.62 bits per heavy atom. The number of hydrogen-bond acceptors (Lipinski definition) is 7. The number of aryl methyl sites for hydroxylation is 2. The van der Waals surface area contributed by atoms with Crippen LogP contribution in [0.4, 0.5) is 16.3 Å². The second kappa shape index (κ2) is 10.7. The molecule has 1 heterocycles. The molecule has 0 radical (unpaired) electrons. The topological polar surface area (TPSA) is 125 Å². The van der Waals surface area contributed by atoms with Crippen molar-refractivity contribution in [1.82, 2.24) is 20.0 Å². The van der Waals surface area contributed by atoms with Gasteiger partial charge >= 0.3 is 6.03 Å². The summed E-state index contributed by atoms with van der Waals surface area (Å²) in [4.78, 5) is 21.0. The van der Waals surface area contributed by atoms with Gasteiger partial charge in [-0.15, -0.1) is 0 Å². The highest BCUT2D eigenvalue weighted by molar-refractivity contribution is 7.90. The van der Waals surface area contributed by atoms with Crippen LogP contribution in [0.3, 0.4) is 0 Å². The van der Waals surface area contributed by atoms with Crippen LogP contribution in [-0.4, -0.2) is 44.6 Å². The number of amides is 2. The van der Waals surface area contributed by atoms with E-state index in [9.17, 15) is 13.2 Å². The highest BCUT2D eigenvalue weighted by Gasteiger charge is 2.25. The van der Waals surface area contributed by atoms with Crippen molar-refractivity contribution in [2.24, 2.45) is 0 Å². The average molecular weight is 463 g/mol. The molecule has 0 saturated carbocycles. The third kappa shape index (κ3) is 6.39. The minimum absolute atomic E-state index is 0.146. The second-order valence-corrected chi connectivity index (χ2v) is 9.96. The van der Waals surface area contributed by atoms with E-state index in [1.54, 1.807) is 0 Å². The van der Waals surface area contributed by atoms with E-state index in [-0.39, 0.29) is 22.6 Å². The van der Waals surface area contributed by atoms with Gasteiger partial charge in [0.05, 0.1) is 11.9 Å². The lowest BCUT2D eigenvalue weighted by atomic mass is 9.90. The van der Waals surface area contributed by atoms with Crippen molar-refractivity contribution in [2.75, 3.05) is 30.8 Å². The number of hydrogen-bond donors (Lipinski definition) is 4. The van der Waals surface area contributed by atoms with Crippen LogP contribution in [0, 0.1) is 13.8 Å². The van der Waals surface area contributed by atoms with Crippen LogP contribution >= 0.6 is 0 Å². The van der Waals surface area contributed by atoms with E-state index in [4.69, 9.17) is 0 Å². The molecule has 0 unspecified atom stereocenters. The fraction of sp³-hybridized carbons (Fsp3) is 0.500. The Bertz CT molecular complexity index is 1040. The second-order valence-electron chi connectivity index (χ2n) is 8.36. The lowest BCUT2D eigenvalue weighted by Crippen LogP contribution is -2.36. The van der Waals surface area contributed by atoms with Gasteiger partial charge in [0, 0.05) is 18.8 Å². The van der Waals surface area contributed by atoms with E-state index in [1.807, 2.05) is 53.8 Å². The molecule has 9 nitrogen and oxygen atoms in total. The highest BCUT2D eigenvalue weighted by Crippen LogP contribution is 2.33. The fourth-order valence-electron chi connectivity index (χ4n) is 3.30. The first-order chi connectivity index (χ1) is 15.0. The van der Waals surface area contributed by atoms with Crippen LogP contribution in [-0.2, 0) is 10.0 Å². The third-order valence-electron chi connectivity index (χ3n) is 4.90. The Labute approximate surface area is 190 Å². The molecule has 0 fully saturated rings. The first kappa shape index (κ1) is 25.5. The SMILES string of the molecule is CNCCNc1cnc(C)c(S(=O)(=O)NC(=O)Nc2c(C(C)C)cc(C)cc2C(C)C)n1. The largest absolute Gasteiger partial charge is 0.367 e. The number of urea groups is 1. The molecule has 32 heavy (non-hydrogen) atoms. The molecule has 0 bridgehead atoms. The van der Waals surface area contributed by atoms with Gasteiger partial charge in [-0.3, -0.25) is 4.98 Å². The van der Waals surface area contributed by atoms with Crippen LogP contribution in [0.2, 0.25) is 0 Å². The van der Waals surface area contributed by atoms with Crippen molar-refractivity contribution in [2.45, 2.75) is 58.4 Å². The van der Waals surface area contributed by atoms with Gasteiger partial charge in [0.25, 0.3) is 10.0 Å². The summed E-state index contributed by atoms with van der Waals surface area (Å²) in [6.07, 6.45) is 1.46. The van der Waals surface area contributed by atoms with Crippen LogP contribution in [0.1, 0.15) is 61.9 Å². The van der Waals surface area contributed by atoms with Crippen LogP contribution in [0.25, 0.3) is 0 Å². The minimum Gasteiger partial charge on any atom is -0.367 e. The summed E-state index contributed by atoms with van der Waals surface area (Å²) in [6, 6.07) is 3.18. The van der Waals surface area contributed by atoms with E-state index in [1.165, 1.54) is 13.1 Å². The van der Waals surface area contributed by atoms with E-state index in [0.717, 1.165) is 16.7 Å². The number of benzene rings is 1. The van der Waals surface area contributed by atoms with Crippen molar-refractivity contribution < 1.29 is 13.2 Å². The number of anilines is 2. The number of nitrogens with one attached hydrogen (secondary N) is 4. The molecule has 2 rings (SSSR count). The van der Waals surface area contributed by atoms with Crippen molar-refractivity contribution in [1.29, 1.82) is 0 Å². The van der Waals surface area contributed by atoms with E-state index in [2.05, 4.69) is 30.6 Å². The summed E-state index contributed by atoms with van der Waals surface area (Å²) < 4.78 is 27.9. The maximum atomic E-state index is 12.9. The summed E-state index contributed by atoms with van der Waals surface area (Å²) in [6.45, 7) is 12.9. The predicted octanol–water partition coefficient (Wildman–Crippen LogP) is 3.48. The number of sulfonamides is 1. The number of aromatic nitrogens is 2. The number of likely N-dealkylation sites (N-methyl/N-ethyl adjacent to an activating group) is 1. The average Bonchev–Trinajstić information content (AvgIpc) is 2.69. The first-order valence-corrected chi connectivity index (χ1v) is 12.1. The summed E-state index contributed by atoms with van der Waals surface area (Å²) in [7, 11) is -2.42. The minimum atomic E-state index is -4.23. The molecular weight excluding hydrogens is 428 g/mol. The maximum absolute atomic E-state index is 12.9. The Kier molecular flexibility index (Phi) is 8.57. The van der Waals surface area contributed by atoms with Crippen LogP contribution in [0.5, 0.6) is 0 Å². The predicted molar refractivity (Wildman–Crippen MR) is 128 cm³/mol. The summed E-state index contributed by atoms with van der Waals surface area (Å²) in [5.74, 6) is 0.606. The van der Waals surface area contributed by atoms with Gasteiger partial charge in [-0.25, -0.2) is 14.5 Å². The third-order valence-corrected chi connectivity index (χ3v) is 6.25. The van der Waals surface area contributed by atoms with Crippen molar-refractivity contribution in [3.05, 3.63) is 40.7 Å². The molecule has 0 aliphatic rings. The van der Waals surface area contributed by atoms with E-state index < -0.39 is 16.1 Å². The Morgan fingerprint density at radius 1 is 1.03 bits per heavy atom. The molecule has 0 atom stereocenters. The van der Waals surface area contributed by atoms with Crippen LogP contribution in [0.15, 0.2) is 23.4 Å². The van der Waals surface area contributed by atoms with Gasteiger partial charge in [0.15, 0.2) is 5.03 Å². The van der Waals surface area contributed by atoms with Gasteiger partial charge in [-0.05, 0) is 43.9 Å². The molecule has 0 spiro atoms. The van der Waals surface area contributed by atoms with Gasteiger partial charge < -0.3 is 16.0 Å². The zero-order valence-corrected chi connectivity index (χ0v) is 20.6. The molecule has 10 heteroatoms.